The molecule has 0 saturated carbocycles. The zero-order chi connectivity index (χ0) is 9.10. The Balaban J connectivity index is 1.94. The minimum Gasteiger partial charge on any atom is -0.378 e. The second-order valence-electron chi connectivity index (χ2n) is 3.67. The highest BCUT2D eigenvalue weighted by atomic mass is 16.5. The summed E-state index contributed by atoms with van der Waals surface area (Å²) in [6, 6.07) is 0. The first-order chi connectivity index (χ1) is 6.38. The largest absolute Gasteiger partial charge is 0.378 e. The first-order valence-electron chi connectivity index (χ1n) is 5.09. The topological polar surface area (TPSA) is 12.5 Å². The van der Waals surface area contributed by atoms with Gasteiger partial charge in [0, 0.05) is 18.8 Å². The van der Waals surface area contributed by atoms with Gasteiger partial charge in [0.05, 0.1) is 13.2 Å². The molecule has 0 aromatic carbocycles. The minimum atomic E-state index is 0.853. The quantitative estimate of drug-likeness (QED) is 0.642. The van der Waals surface area contributed by atoms with Gasteiger partial charge in [-0.2, -0.15) is 0 Å². The van der Waals surface area contributed by atoms with Crippen LogP contribution in [0.25, 0.3) is 0 Å². The fourth-order valence-corrected chi connectivity index (χ4v) is 1.97. The average molecular weight is 179 g/mol. The highest BCUT2D eigenvalue weighted by Crippen LogP contribution is 2.26. The van der Waals surface area contributed by atoms with Crippen LogP contribution in [0.4, 0.5) is 0 Å². The molecule has 1 heterocycles. The molecule has 72 valence electrons. The summed E-state index contributed by atoms with van der Waals surface area (Å²) in [5.41, 5.74) is 2.70. The third-order valence-electron chi connectivity index (χ3n) is 2.80. The van der Waals surface area contributed by atoms with Crippen molar-refractivity contribution in [2.45, 2.75) is 19.3 Å². The molecule has 1 fully saturated rings. The monoisotopic (exact) mass is 179 g/mol. The van der Waals surface area contributed by atoms with Crippen molar-refractivity contribution in [3.63, 3.8) is 0 Å². The molecule has 13 heavy (non-hydrogen) atoms. The summed E-state index contributed by atoms with van der Waals surface area (Å²) in [5.74, 6) is 0. The number of nitrogens with zero attached hydrogens (tertiary/aromatic N) is 1. The van der Waals surface area contributed by atoms with Crippen molar-refractivity contribution in [2.24, 2.45) is 0 Å². The molecule has 0 aromatic heterocycles. The van der Waals surface area contributed by atoms with E-state index in [-0.39, 0.29) is 0 Å². The smallest absolute Gasteiger partial charge is 0.0642 e. The molecule has 0 amide bonds. The van der Waals surface area contributed by atoms with Crippen molar-refractivity contribution in [1.29, 1.82) is 0 Å². The van der Waals surface area contributed by atoms with Crippen LogP contribution in [0.5, 0.6) is 0 Å². The molecule has 0 bridgehead atoms. The Kier molecular flexibility index (Phi) is 2.69. The van der Waals surface area contributed by atoms with Gasteiger partial charge in [0.2, 0.25) is 0 Å². The normalized spacial score (nSPS) is 23.1. The molecule has 0 unspecified atom stereocenters. The van der Waals surface area contributed by atoms with Crippen molar-refractivity contribution in [2.75, 3.05) is 26.3 Å². The van der Waals surface area contributed by atoms with Crippen LogP contribution >= 0.6 is 0 Å². The molecule has 2 aliphatic rings. The average Bonchev–Trinajstić information content (AvgIpc) is 2.71. The lowest BCUT2D eigenvalue weighted by Gasteiger charge is -2.31. The molecule has 0 atom stereocenters. The zero-order valence-corrected chi connectivity index (χ0v) is 8.09. The Morgan fingerprint density at radius 1 is 1.38 bits per heavy atom. The first kappa shape index (κ1) is 8.82. The summed E-state index contributed by atoms with van der Waals surface area (Å²) in [6.45, 7) is 7.89. The Morgan fingerprint density at radius 2 is 2.15 bits per heavy atom. The van der Waals surface area contributed by atoms with Crippen molar-refractivity contribution in [1.82, 2.24) is 4.90 Å². The molecule has 1 aliphatic heterocycles. The number of allylic oxidation sites excluding steroid dienone is 2. The van der Waals surface area contributed by atoms with E-state index in [0.29, 0.717) is 0 Å². The second kappa shape index (κ2) is 3.97. The van der Waals surface area contributed by atoms with Crippen molar-refractivity contribution < 1.29 is 4.74 Å². The number of ether oxygens (including phenoxy) is 1. The van der Waals surface area contributed by atoms with Gasteiger partial charge in [0.1, 0.15) is 0 Å². The summed E-state index contributed by atoms with van der Waals surface area (Å²) in [7, 11) is 0. The van der Waals surface area contributed by atoms with Crippen LogP contribution in [0.3, 0.4) is 0 Å². The van der Waals surface area contributed by atoms with Crippen LogP contribution < -0.4 is 0 Å². The Hall–Kier alpha value is -0.760. The van der Waals surface area contributed by atoms with Gasteiger partial charge < -0.3 is 9.64 Å². The van der Waals surface area contributed by atoms with E-state index in [1.807, 2.05) is 0 Å². The lowest BCUT2D eigenvalue weighted by molar-refractivity contribution is 0.0548. The van der Waals surface area contributed by atoms with Crippen LogP contribution in [0.15, 0.2) is 23.9 Å². The lowest BCUT2D eigenvalue weighted by atomic mass is 10.1. The molecule has 2 heteroatoms. The maximum atomic E-state index is 5.31. The number of rotatable bonds is 2. The fraction of sp³-hybridized carbons (Fsp3) is 0.636. The summed E-state index contributed by atoms with van der Waals surface area (Å²) in [5, 5.41) is 0. The molecular weight excluding hydrogens is 162 g/mol. The van der Waals surface area contributed by atoms with Crippen LogP contribution in [0.1, 0.15) is 19.3 Å². The predicted octanol–water partition coefficient (Wildman–Crippen LogP) is 1.94. The van der Waals surface area contributed by atoms with Gasteiger partial charge in [-0.3, -0.25) is 0 Å². The SMILES string of the molecule is C=C(C1=CCCC1)N1CCOCC1. The van der Waals surface area contributed by atoms with E-state index in [1.165, 1.54) is 30.5 Å². The van der Waals surface area contributed by atoms with E-state index < -0.39 is 0 Å². The van der Waals surface area contributed by atoms with E-state index in [9.17, 15) is 0 Å². The van der Waals surface area contributed by atoms with Crippen molar-refractivity contribution in [3.05, 3.63) is 23.9 Å². The molecular formula is C11H17NO. The molecule has 2 nitrogen and oxygen atoms in total. The summed E-state index contributed by atoms with van der Waals surface area (Å²) < 4.78 is 5.31. The van der Waals surface area contributed by atoms with Gasteiger partial charge in [-0.25, -0.2) is 0 Å². The third kappa shape index (κ3) is 1.94. The maximum absolute atomic E-state index is 5.31. The van der Waals surface area contributed by atoms with Gasteiger partial charge in [-0.15, -0.1) is 0 Å². The summed E-state index contributed by atoms with van der Waals surface area (Å²) in [4.78, 5) is 2.35. The highest BCUT2D eigenvalue weighted by molar-refractivity contribution is 5.29. The third-order valence-corrected chi connectivity index (χ3v) is 2.80. The van der Waals surface area contributed by atoms with E-state index in [0.717, 1.165) is 26.3 Å². The molecule has 0 N–H and O–H groups in total. The van der Waals surface area contributed by atoms with E-state index in [2.05, 4.69) is 17.6 Å². The molecule has 1 aliphatic carbocycles. The first-order valence-corrected chi connectivity index (χ1v) is 5.09. The van der Waals surface area contributed by atoms with Gasteiger partial charge >= 0.3 is 0 Å². The van der Waals surface area contributed by atoms with Crippen molar-refractivity contribution >= 4 is 0 Å². The number of hydrogen-bond donors (Lipinski definition) is 0. The zero-order valence-electron chi connectivity index (χ0n) is 8.09. The van der Waals surface area contributed by atoms with Gasteiger partial charge in [-0.05, 0) is 24.8 Å². The summed E-state index contributed by atoms with van der Waals surface area (Å²) >= 11 is 0. The number of morpholine rings is 1. The fourth-order valence-electron chi connectivity index (χ4n) is 1.97. The second-order valence-corrected chi connectivity index (χ2v) is 3.67. The highest BCUT2D eigenvalue weighted by Gasteiger charge is 2.16. The van der Waals surface area contributed by atoms with E-state index >= 15 is 0 Å². The van der Waals surface area contributed by atoms with Crippen LogP contribution in [-0.4, -0.2) is 31.2 Å². The molecule has 2 rings (SSSR count). The van der Waals surface area contributed by atoms with Crippen LogP contribution in [0, 0.1) is 0 Å². The van der Waals surface area contributed by atoms with Crippen LogP contribution in [0.2, 0.25) is 0 Å². The van der Waals surface area contributed by atoms with Gasteiger partial charge in [-0.1, -0.05) is 12.7 Å². The molecule has 0 radical (unpaired) electrons. The Labute approximate surface area is 79.9 Å². The standard InChI is InChI=1S/C11H17NO/c1-10(11-4-2-3-5-11)12-6-8-13-9-7-12/h4H,1-3,5-9H2. The summed E-state index contributed by atoms with van der Waals surface area (Å²) in [6.07, 6.45) is 6.09. The van der Waals surface area contributed by atoms with Crippen molar-refractivity contribution in [3.8, 4) is 0 Å². The Morgan fingerprint density at radius 3 is 2.77 bits per heavy atom. The van der Waals surface area contributed by atoms with E-state index in [4.69, 9.17) is 4.74 Å². The molecule has 0 spiro atoms. The van der Waals surface area contributed by atoms with Crippen LogP contribution in [-0.2, 0) is 4.74 Å². The molecule has 0 aromatic rings. The van der Waals surface area contributed by atoms with Gasteiger partial charge in [0.15, 0.2) is 0 Å². The molecule has 1 saturated heterocycles. The Bertz CT molecular complexity index is 226. The predicted molar refractivity (Wildman–Crippen MR) is 53.5 cm³/mol. The van der Waals surface area contributed by atoms with E-state index in [1.54, 1.807) is 0 Å². The number of hydrogen-bond acceptors (Lipinski definition) is 2. The maximum Gasteiger partial charge on any atom is 0.0642 e. The minimum absolute atomic E-state index is 0.853. The van der Waals surface area contributed by atoms with Gasteiger partial charge in [0.25, 0.3) is 0 Å². The lowest BCUT2D eigenvalue weighted by Crippen LogP contribution is -2.35.